The minimum atomic E-state index is -0.163. The highest BCUT2D eigenvalue weighted by Crippen LogP contribution is 2.30. The topological polar surface area (TPSA) is 102 Å². The fraction of sp³-hybridized carbons (Fsp3) is 0.240. The van der Waals surface area contributed by atoms with Crippen molar-refractivity contribution in [2.24, 2.45) is 0 Å². The van der Waals surface area contributed by atoms with Gasteiger partial charge in [-0.05, 0) is 32.4 Å². The van der Waals surface area contributed by atoms with Crippen LogP contribution in [0.2, 0.25) is 0 Å². The van der Waals surface area contributed by atoms with Crippen molar-refractivity contribution in [3.05, 3.63) is 76.4 Å². The molecule has 180 valence electrons. The number of benzene rings is 2. The zero-order valence-electron chi connectivity index (χ0n) is 19.7. The Hall–Kier alpha value is -3.50. The number of carbonyl (C=O) groups excluding carboxylic acids is 2. The maximum atomic E-state index is 12.6. The molecule has 2 amide bonds. The molecule has 0 radical (unpaired) electrons. The molecule has 2 aromatic heterocycles. The quantitative estimate of drug-likeness (QED) is 0.319. The summed E-state index contributed by atoms with van der Waals surface area (Å²) in [6.07, 6.45) is 0. The molecule has 4 rings (SSSR count). The number of rotatable bonds is 9. The van der Waals surface area contributed by atoms with Gasteiger partial charge in [0.25, 0.3) is 5.91 Å². The number of nitrogens with one attached hydrogen (secondary N) is 2. The second-order valence-corrected chi connectivity index (χ2v) is 9.91. The van der Waals surface area contributed by atoms with E-state index in [4.69, 9.17) is 0 Å². The van der Waals surface area contributed by atoms with Crippen LogP contribution in [0.5, 0.6) is 0 Å². The lowest BCUT2D eigenvalue weighted by Crippen LogP contribution is -2.25. The van der Waals surface area contributed by atoms with Crippen molar-refractivity contribution < 1.29 is 9.59 Å². The van der Waals surface area contributed by atoms with E-state index in [1.165, 1.54) is 23.1 Å². The fourth-order valence-electron chi connectivity index (χ4n) is 3.56. The summed E-state index contributed by atoms with van der Waals surface area (Å²) in [7, 11) is 0. The van der Waals surface area contributed by atoms with Gasteiger partial charge in [-0.15, -0.1) is 21.5 Å². The standard InChI is InChI=1S/C25H26N6O2S2/c1-4-31-20(14-26-23(33)19-13-9-8-10-16(19)2)29-30-25(31)34-15-21(32)27-24-28-22(17(3)35-24)18-11-6-5-7-12-18/h5-13H,4,14-15H2,1-3H3,(H,26,33)(H,27,28,32). The minimum absolute atomic E-state index is 0.157. The number of amides is 2. The maximum Gasteiger partial charge on any atom is 0.251 e. The number of hydrogen-bond acceptors (Lipinski definition) is 7. The normalized spacial score (nSPS) is 10.8. The summed E-state index contributed by atoms with van der Waals surface area (Å²) in [6.45, 7) is 6.75. The van der Waals surface area contributed by atoms with Gasteiger partial charge >= 0.3 is 0 Å². The second-order valence-electron chi connectivity index (χ2n) is 7.77. The van der Waals surface area contributed by atoms with E-state index in [9.17, 15) is 9.59 Å². The molecule has 0 spiro atoms. The van der Waals surface area contributed by atoms with E-state index in [0.29, 0.717) is 28.2 Å². The molecule has 8 nitrogen and oxygen atoms in total. The SMILES string of the molecule is CCn1c(CNC(=O)c2ccccc2C)nnc1SCC(=O)Nc1nc(-c2ccccc2)c(C)s1. The Morgan fingerprint density at radius 1 is 1.03 bits per heavy atom. The molecule has 2 heterocycles. The van der Waals surface area contributed by atoms with Crippen LogP contribution in [0.15, 0.2) is 59.8 Å². The molecule has 0 unspecified atom stereocenters. The van der Waals surface area contributed by atoms with E-state index in [2.05, 4.69) is 25.8 Å². The number of nitrogens with zero attached hydrogens (tertiary/aromatic N) is 4. The summed E-state index contributed by atoms with van der Waals surface area (Å²) < 4.78 is 1.90. The zero-order valence-corrected chi connectivity index (χ0v) is 21.4. The summed E-state index contributed by atoms with van der Waals surface area (Å²) in [5, 5.41) is 15.4. The monoisotopic (exact) mass is 506 g/mol. The third-order valence-corrected chi connectivity index (χ3v) is 7.18. The fourth-order valence-corrected chi connectivity index (χ4v) is 5.23. The largest absolute Gasteiger partial charge is 0.345 e. The number of hydrogen-bond donors (Lipinski definition) is 2. The highest BCUT2D eigenvalue weighted by atomic mass is 32.2. The highest BCUT2D eigenvalue weighted by molar-refractivity contribution is 7.99. The second kappa shape index (κ2) is 11.3. The molecule has 0 aliphatic heterocycles. The van der Waals surface area contributed by atoms with E-state index in [1.54, 1.807) is 6.07 Å². The van der Waals surface area contributed by atoms with Crippen molar-refractivity contribution in [1.29, 1.82) is 0 Å². The van der Waals surface area contributed by atoms with Crippen LogP contribution in [0.4, 0.5) is 5.13 Å². The van der Waals surface area contributed by atoms with Crippen LogP contribution in [-0.2, 0) is 17.9 Å². The molecule has 0 bridgehead atoms. The minimum Gasteiger partial charge on any atom is -0.345 e. The lowest BCUT2D eigenvalue weighted by Gasteiger charge is -2.09. The van der Waals surface area contributed by atoms with Gasteiger partial charge in [-0.2, -0.15) is 0 Å². The average Bonchev–Trinajstić information content (AvgIpc) is 3.44. The van der Waals surface area contributed by atoms with Gasteiger partial charge < -0.3 is 15.2 Å². The molecule has 0 fully saturated rings. The summed E-state index contributed by atoms with van der Waals surface area (Å²) in [5.41, 5.74) is 3.44. The third-order valence-electron chi connectivity index (χ3n) is 5.33. The first kappa shape index (κ1) is 24.6. The van der Waals surface area contributed by atoms with Gasteiger partial charge in [0.05, 0.1) is 18.0 Å². The summed E-state index contributed by atoms with van der Waals surface area (Å²) in [4.78, 5) is 30.7. The maximum absolute atomic E-state index is 12.6. The van der Waals surface area contributed by atoms with E-state index in [1.807, 2.05) is 73.9 Å². The Bertz CT molecular complexity index is 1330. The van der Waals surface area contributed by atoms with E-state index in [-0.39, 0.29) is 24.1 Å². The lowest BCUT2D eigenvalue weighted by molar-refractivity contribution is -0.113. The van der Waals surface area contributed by atoms with Crippen molar-refractivity contribution in [3.8, 4) is 11.3 Å². The molecule has 4 aromatic rings. The third kappa shape index (κ3) is 5.95. The smallest absolute Gasteiger partial charge is 0.251 e. The van der Waals surface area contributed by atoms with Crippen molar-refractivity contribution in [3.63, 3.8) is 0 Å². The van der Waals surface area contributed by atoms with Gasteiger partial charge in [0, 0.05) is 22.5 Å². The predicted molar refractivity (Wildman–Crippen MR) is 140 cm³/mol. The molecule has 0 aliphatic carbocycles. The average molecular weight is 507 g/mol. The molecule has 2 N–H and O–H groups in total. The first-order chi connectivity index (χ1) is 17.0. The van der Waals surface area contributed by atoms with Crippen molar-refractivity contribution in [2.75, 3.05) is 11.1 Å². The number of aryl methyl sites for hydroxylation is 2. The molecule has 10 heteroatoms. The van der Waals surface area contributed by atoms with E-state index in [0.717, 1.165) is 21.7 Å². The Morgan fingerprint density at radius 3 is 2.51 bits per heavy atom. The van der Waals surface area contributed by atoms with Crippen LogP contribution in [0, 0.1) is 13.8 Å². The van der Waals surface area contributed by atoms with Crippen LogP contribution in [0.3, 0.4) is 0 Å². The number of thioether (sulfide) groups is 1. The number of aromatic nitrogens is 4. The van der Waals surface area contributed by atoms with E-state index < -0.39 is 0 Å². The molecule has 0 atom stereocenters. The van der Waals surface area contributed by atoms with Crippen molar-refractivity contribution in [2.45, 2.75) is 39.0 Å². The zero-order chi connectivity index (χ0) is 24.8. The number of carbonyl (C=O) groups is 2. The van der Waals surface area contributed by atoms with Gasteiger partial charge in [-0.25, -0.2) is 4.98 Å². The van der Waals surface area contributed by atoms with Gasteiger partial charge in [0.1, 0.15) is 0 Å². The molecule has 0 saturated heterocycles. The highest BCUT2D eigenvalue weighted by Gasteiger charge is 2.16. The van der Waals surface area contributed by atoms with E-state index >= 15 is 0 Å². The summed E-state index contributed by atoms with van der Waals surface area (Å²) >= 11 is 2.76. The predicted octanol–water partition coefficient (Wildman–Crippen LogP) is 4.70. The molecule has 2 aromatic carbocycles. The summed E-state index contributed by atoms with van der Waals surface area (Å²) in [5.74, 6) is 0.493. The number of anilines is 1. The molecule has 0 saturated carbocycles. The Labute approximate surface area is 212 Å². The lowest BCUT2D eigenvalue weighted by atomic mass is 10.1. The molecular weight excluding hydrogens is 480 g/mol. The van der Waals surface area contributed by atoms with Gasteiger partial charge in [-0.3, -0.25) is 9.59 Å². The van der Waals surface area contributed by atoms with Crippen LogP contribution < -0.4 is 10.6 Å². The molecular formula is C25H26N6O2S2. The first-order valence-electron chi connectivity index (χ1n) is 11.2. The van der Waals surface area contributed by atoms with Crippen molar-refractivity contribution >= 4 is 40.0 Å². The Kier molecular flexibility index (Phi) is 7.94. The first-order valence-corrected chi connectivity index (χ1v) is 13.0. The van der Waals surface area contributed by atoms with Crippen LogP contribution in [-0.4, -0.2) is 37.3 Å². The summed E-state index contributed by atoms with van der Waals surface area (Å²) in [6, 6.07) is 17.3. The molecule has 0 aliphatic rings. The Morgan fingerprint density at radius 2 is 1.77 bits per heavy atom. The van der Waals surface area contributed by atoms with Crippen LogP contribution >= 0.6 is 23.1 Å². The van der Waals surface area contributed by atoms with Gasteiger partial charge in [0.15, 0.2) is 16.1 Å². The number of thiazole rings is 1. The molecule has 35 heavy (non-hydrogen) atoms. The van der Waals surface area contributed by atoms with Gasteiger partial charge in [0.2, 0.25) is 5.91 Å². The van der Waals surface area contributed by atoms with Crippen molar-refractivity contribution in [1.82, 2.24) is 25.1 Å². The van der Waals surface area contributed by atoms with Crippen LogP contribution in [0.25, 0.3) is 11.3 Å². The van der Waals surface area contributed by atoms with Crippen LogP contribution in [0.1, 0.15) is 33.5 Å². The Balaban J connectivity index is 1.34. The van der Waals surface area contributed by atoms with Gasteiger partial charge in [-0.1, -0.05) is 60.3 Å².